The Kier molecular flexibility index (Phi) is 2.46. The Morgan fingerprint density at radius 3 is 2.90 bits per heavy atom. The van der Waals surface area contributed by atoms with E-state index in [0.29, 0.717) is 0 Å². The van der Waals surface area contributed by atoms with Gasteiger partial charge in [-0.25, -0.2) is 4.98 Å². The van der Waals surface area contributed by atoms with Gasteiger partial charge in [-0.1, -0.05) is 25.1 Å². The van der Waals surface area contributed by atoms with E-state index in [9.17, 15) is 0 Å². The number of nitrogens with zero attached hydrogens (tertiary/aromatic N) is 3. The number of hydrogen-bond donors (Lipinski definition) is 0. The van der Waals surface area contributed by atoms with Gasteiger partial charge in [-0.2, -0.15) is 0 Å². The minimum absolute atomic E-state index is 0.958. The third kappa shape index (κ3) is 1.53. The average molecular weight is 261 g/mol. The zero-order valence-corrected chi connectivity index (χ0v) is 11.4. The van der Waals surface area contributed by atoms with Gasteiger partial charge in [0, 0.05) is 28.9 Å². The van der Waals surface area contributed by atoms with Gasteiger partial charge in [0.1, 0.15) is 5.65 Å². The second-order valence-electron chi connectivity index (χ2n) is 5.10. The number of aryl methyl sites for hydroxylation is 1. The maximum absolute atomic E-state index is 4.83. The molecule has 98 valence electrons. The lowest BCUT2D eigenvalue weighted by Gasteiger charge is -2.04. The van der Waals surface area contributed by atoms with Crippen LogP contribution in [0.5, 0.6) is 0 Å². The summed E-state index contributed by atoms with van der Waals surface area (Å²) < 4.78 is 2.32. The van der Waals surface area contributed by atoms with Crippen LogP contribution in [0.1, 0.15) is 13.3 Å². The molecule has 0 N–H and O–H groups in total. The fourth-order valence-electron chi connectivity index (χ4n) is 2.91. The Balaban J connectivity index is 2.22. The van der Waals surface area contributed by atoms with E-state index in [4.69, 9.17) is 4.98 Å². The highest BCUT2D eigenvalue weighted by Crippen LogP contribution is 2.30. The monoisotopic (exact) mass is 261 g/mol. The van der Waals surface area contributed by atoms with E-state index in [0.717, 1.165) is 29.5 Å². The fourth-order valence-corrected chi connectivity index (χ4v) is 2.91. The number of pyridine rings is 2. The minimum atomic E-state index is 0.958. The van der Waals surface area contributed by atoms with Crippen LogP contribution in [0.25, 0.3) is 32.8 Å². The maximum atomic E-state index is 4.83. The topological polar surface area (TPSA) is 30.7 Å². The Bertz CT molecular complexity index is 921. The first-order valence-electron chi connectivity index (χ1n) is 7.00. The van der Waals surface area contributed by atoms with Crippen molar-refractivity contribution in [2.75, 3.05) is 0 Å². The summed E-state index contributed by atoms with van der Waals surface area (Å²) in [6.07, 6.45) is 4.75. The van der Waals surface area contributed by atoms with Gasteiger partial charge in [0.25, 0.3) is 0 Å². The van der Waals surface area contributed by atoms with Crippen LogP contribution in [0.4, 0.5) is 0 Å². The van der Waals surface area contributed by atoms with E-state index in [1.807, 2.05) is 18.5 Å². The SMILES string of the molecule is CCCn1c2ccccc2c2cc3ccncc3nc21. The molecule has 0 fully saturated rings. The van der Waals surface area contributed by atoms with E-state index in [1.54, 1.807) is 0 Å². The smallest absolute Gasteiger partial charge is 0.141 e. The van der Waals surface area contributed by atoms with Gasteiger partial charge in [0.2, 0.25) is 0 Å². The number of aromatic nitrogens is 3. The molecule has 3 heteroatoms. The molecule has 3 heterocycles. The molecule has 3 nitrogen and oxygen atoms in total. The lowest BCUT2D eigenvalue weighted by molar-refractivity contribution is 0.718. The number of fused-ring (bicyclic) bond motifs is 4. The van der Waals surface area contributed by atoms with Crippen molar-refractivity contribution in [3.05, 3.63) is 48.8 Å². The zero-order chi connectivity index (χ0) is 13.5. The molecule has 0 saturated heterocycles. The lowest BCUT2D eigenvalue weighted by atomic mass is 10.1. The summed E-state index contributed by atoms with van der Waals surface area (Å²) in [5.41, 5.74) is 3.29. The molecule has 0 aliphatic rings. The Morgan fingerprint density at radius 1 is 1.10 bits per heavy atom. The van der Waals surface area contributed by atoms with Crippen molar-refractivity contribution in [1.82, 2.24) is 14.5 Å². The minimum Gasteiger partial charge on any atom is -0.325 e. The standard InChI is InChI=1S/C17H15N3/c1-2-9-20-16-6-4-3-5-13(16)14-10-12-7-8-18-11-15(12)19-17(14)20/h3-8,10-11H,2,9H2,1H3. The summed E-state index contributed by atoms with van der Waals surface area (Å²) in [7, 11) is 0. The zero-order valence-electron chi connectivity index (χ0n) is 11.4. The Hall–Kier alpha value is -2.42. The molecule has 0 radical (unpaired) electrons. The van der Waals surface area contributed by atoms with E-state index in [-0.39, 0.29) is 0 Å². The van der Waals surface area contributed by atoms with Crippen LogP contribution in [0.2, 0.25) is 0 Å². The van der Waals surface area contributed by atoms with Gasteiger partial charge in [0.15, 0.2) is 0 Å². The predicted molar refractivity (Wildman–Crippen MR) is 82.8 cm³/mol. The highest BCUT2D eigenvalue weighted by atomic mass is 15.0. The van der Waals surface area contributed by atoms with Crippen LogP contribution < -0.4 is 0 Å². The van der Waals surface area contributed by atoms with Gasteiger partial charge in [-0.3, -0.25) is 4.98 Å². The van der Waals surface area contributed by atoms with Crippen molar-refractivity contribution in [3.63, 3.8) is 0 Å². The van der Waals surface area contributed by atoms with Crippen LogP contribution in [0, 0.1) is 0 Å². The molecule has 0 saturated carbocycles. The molecular weight excluding hydrogens is 246 g/mol. The second-order valence-corrected chi connectivity index (χ2v) is 5.10. The van der Waals surface area contributed by atoms with E-state index in [2.05, 4.69) is 46.8 Å². The molecule has 0 bridgehead atoms. The molecular formula is C17H15N3. The highest BCUT2D eigenvalue weighted by molar-refractivity contribution is 6.09. The fraction of sp³-hybridized carbons (Fsp3) is 0.176. The van der Waals surface area contributed by atoms with Crippen molar-refractivity contribution >= 4 is 32.8 Å². The number of rotatable bonds is 2. The molecule has 0 spiro atoms. The summed E-state index contributed by atoms with van der Waals surface area (Å²) in [5, 5.41) is 3.65. The van der Waals surface area contributed by atoms with E-state index < -0.39 is 0 Å². The van der Waals surface area contributed by atoms with Gasteiger partial charge in [0.05, 0.1) is 17.2 Å². The molecule has 20 heavy (non-hydrogen) atoms. The summed E-state index contributed by atoms with van der Waals surface area (Å²) >= 11 is 0. The third-order valence-electron chi connectivity index (χ3n) is 3.79. The maximum Gasteiger partial charge on any atom is 0.141 e. The van der Waals surface area contributed by atoms with Gasteiger partial charge >= 0.3 is 0 Å². The molecule has 0 aliphatic heterocycles. The predicted octanol–water partition coefficient (Wildman–Crippen LogP) is 4.15. The Labute approximate surface area is 116 Å². The van der Waals surface area contributed by atoms with Crippen molar-refractivity contribution < 1.29 is 0 Å². The average Bonchev–Trinajstić information content (AvgIpc) is 2.80. The van der Waals surface area contributed by atoms with Crippen LogP contribution in [-0.4, -0.2) is 14.5 Å². The molecule has 3 aromatic heterocycles. The number of hydrogen-bond acceptors (Lipinski definition) is 2. The first-order valence-corrected chi connectivity index (χ1v) is 7.00. The molecule has 1 aromatic carbocycles. The van der Waals surface area contributed by atoms with Crippen LogP contribution in [0.15, 0.2) is 48.8 Å². The molecule has 0 atom stereocenters. The van der Waals surface area contributed by atoms with Gasteiger partial charge in [-0.05, 0) is 24.6 Å². The van der Waals surface area contributed by atoms with Crippen molar-refractivity contribution in [3.8, 4) is 0 Å². The van der Waals surface area contributed by atoms with Gasteiger partial charge in [-0.15, -0.1) is 0 Å². The number of benzene rings is 1. The molecule has 4 rings (SSSR count). The van der Waals surface area contributed by atoms with Crippen molar-refractivity contribution in [2.45, 2.75) is 19.9 Å². The summed E-state index contributed by atoms with van der Waals surface area (Å²) in [5.74, 6) is 0. The second kappa shape index (κ2) is 4.30. The highest BCUT2D eigenvalue weighted by Gasteiger charge is 2.11. The number of para-hydroxylation sites is 1. The summed E-state index contributed by atoms with van der Waals surface area (Å²) in [6, 6.07) is 12.8. The quantitative estimate of drug-likeness (QED) is 0.542. The summed E-state index contributed by atoms with van der Waals surface area (Å²) in [6.45, 7) is 3.19. The van der Waals surface area contributed by atoms with Crippen LogP contribution in [0.3, 0.4) is 0 Å². The molecule has 0 aliphatic carbocycles. The first kappa shape index (κ1) is 11.4. The van der Waals surface area contributed by atoms with E-state index >= 15 is 0 Å². The lowest BCUT2D eigenvalue weighted by Crippen LogP contribution is -1.97. The normalized spacial score (nSPS) is 11.7. The van der Waals surface area contributed by atoms with E-state index in [1.165, 1.54) is 16.3 Å². The van der Waals surface area contributed by atoms with Crippen LogP contribution >= 0.6 is 0 Å². The first-order chi connectivity index (χ1) is 9.88. The molecule has 0 amide bonds. The van der Waals surface area contributed by atoms with Crippen molar-refractivity contribution in [2.24, 2.45) is 0 Å². The Morgan fingerprint density at radius 2 is 2.00 bits per heavy atom. The molecule has 4 aromatic rings. The van der Waals surface area contributed by atoms with Crippen LogP contribution in [-0.2, 0) is 6.54 Å². The van der Waals surface area contributed by atoms with Gasteiger partial charge < -0.3 is 4.57 Å². The third-order valence-corrected chi connectivity index (χ3v) is 3.79. The van der Waals surface area contributed by atoms with Crippen molar-refractivity contribution in [1.29, 1.82) is 0 Å². The molecule has 0 unspecified atom stereocenters. The largest absolute Gasteiger partial charge is 0.325 e. The summed E-state index contributed by atoms with van der Waals surface area (Å²) in [4.78, 5) is 9.01.